The van der Waals surface area contributed by atoms with Gasteiger partial charge in [-0.3, -0.25) is 10.2 Å². The maximum atomic E-state index is 11.7. The van der Waals surface area contributed by atoms with E-state index in [2.05, 4.69) is 28.3 Å². The normalized spacial score (nSPS) is 9.82. The molecule has 2 rings (SSSR count). The van der Waals surface area contributed by atoms with Crippen LogP contribution in [0.1, 0.15) is 22.3 Å². The molecule has 3 amide bonds. The molecule has 0 atom stereocenters. The fourth-order valence-corrected chi connectivity index (χ4v) is 1.96. The maximum Gasteiger partial charge on any atom is 0.333 e. The standard InChI is InChI=1S/C17H19N3O2/c21-16(15-11-5-2-6-12-15)19-20-17(22)18-13-7-10-14-8-3-1-4-9-14/h1-6,8-9,11-12H,7,10,13H2,(H,19,21)(H2,18,20,22). The Morgan fingerprint density at radius 3 is 2.14 bits per heavy atom. The summed E-state index contributed by atoms with van der Waals surface area (Å²) < 4.78 is 0. The highest BCUT2D eigenvalue weighted by atomic mass is 16.2. The predicted octanol–water partition coefficient (Wildman–Crippen LogP) is 2.26. The Morgan fingerprint density at radius 1 is 0.818 bits per heavy atom. The van der Waals surface area contributed by atoms with Crippen LogP contribution in [0.5, 0.6) is 0 Å². The Bertz CT molecular complexity index is 600. The van der Waals surface area contributed by atoms with Gasteiger partial charge in [0.15, 0.2) is 0 Å². The molecule has 0 saturated carbocycles. The first-order valence-electron chi connectivity index (χ1n) is 7.19. The van der Waals surface area contributed by atoms with Gasteiger partial charge in [-0.25, -0.2) is 10.2 Å². The van der Waals surface area contributed by atoms with Gasteiger partial charge in [0.25, 0.3) is 5.91 Å². The van der Waals surface area contributed by atoms with Crippen LogP contribution >= 0.6 is 0 Å². The summed E-state index contributed by atoms with van der Waals surface area (Å²) in [7, 11) is 0. The van der Waals surface area contributed by atoms with E-state index in [0.717, 1.165) is 12.8 Å². The number of benzene rings is 2. The zero-order valence-corrected chi connectivity index (χ0v) is 12.2. The number of carbonyl (C=O) groups is 2. The second kappa shape index (κ2) is 8.46. The van der Waals surface area contributed by atoms with Crippen molar-refractivity contribution >= 4 is 11.9 Å². The summed E-state index contributed by atoms with van der Waals surface area (Å²) in [4.78, 5) is 23.3. The molecule has 0 bridgehead atoms. The van der Waals surface area contributed by atoms with E-state index < -0.39 is 6.03 Å². The first-order valence-corrected chi connectivity index (χ1v) is 7.19. The summed E-state index contributed by atoms with van der Waals surface area (Å²) in [5, 5.41) is 2.69. The van der Waals surface area contributed by atoms with Crippen molar-refractivity contribution in [1.82, 2.24) is 16.2 Å². The highest BCUT2D eigenvalue weighted by Gasteiger charge is 2.05. The SMILES string of the molecule is O=C(NCCCc1ccccc1)NNC(=O)c1ccccc1. The van der Waals surface area contributed by atoms with E-state index in [-0.39, 0.29) is 5.91 Å². The molecule has 0 aliphatic rings. The van der Waals surface area contributed by atoms with E-state index in [9.17, 15) is 9.59 Å². The Labute approximate surface area is 129 Å². The van der Waals surface area contributed by atoms with E-state index in [1.807, 2.05) is 24.3 Å². The third kappa shape index (κ3) is 5.28. The van der Waals surface area contributed by atoms with Crippen molar-refractivity contribution in [3.05, 3.63) is 71.8 Å². The van der Waals surface area contributed by atoms with Crippen LogP contribution in [0.15, 0.2) is 60.7 Å². The molecule has 0 saturated heterocycles. The van der Waals surface area contributed by atoms with Crippen LogP contribution in [0.2, 0.25) is 0 Å². The van der Waals surface area contributed by atoms with E-state index in [1.165, 1.54) is 5.56 Å². The first kappa shape index (κ1) is 15.6. The largest absolute Gasteiger partial charge is 0.337 e. The molecular weight excluding hydrogens is 278 g/mol. The van der Waals surface area contributed by atoms with Crippen LogP contribution in [0, 0.1) is 0 Å². The molecule has 5 nitrogen and oxygen atoms in total. The monoisotopic (exact) mass is 297 g/mol. The van der Waals surface area contributed by atoms with Crippen molar-refractivity contribution in [1.29, 1.82) is 0 Å². The van der Waals surface area contributed by atoms with E-state index in [4.69, 9.17) is 0 Å². The number of aryl methyl sites for hydroxylation is 1. The van der Waals surface area contributed by atoms with Crippen LogP contribution < -0.4 is 16.2 Å². The molecule has 22 heavy (non-hydrogen) atoms. The third-order valence-electron chi connectivity index (χ3n) is 3.10. The molecule has 0 spiro atoms. The van der Waals surface area contributed by atoms with Crippen LogP contribution in [0.25, 0.3) is 0 Å². The third-order valence-corrected chi connectivity index (χ3v) is 3.10. The Balaban J connectivity index is 1.61. The smallest absolute Gasteiger partial charge is 0.333 e. The molecule has 0 radical (unpaired) electrons. The number of urea groups is 1. The van der Waals surface area contributed by atoms with E-state index in [0.29, 0.717) is 12.1 Å². The maximum absolute atomic E-state index is 11.7. The van der Waals surface area contributed by atoms with Gasteiger partial charge < -0.3 is 5.32 Å². The lowest BCUT2D eigenvalue weighted by molar-refractivity contribution is 0.0936. The molecular formula is C17H19N3O2. The minimum Gasteiger partial charge on any atom is -0.337 e. The van der Waals surface area contributed by atoms with Gasteiger partial charge in [-0.2, -0.15) is 0 Å². The van der Waals surface area contributed by atoms with Crippen molar-refractivity contribution < 1.29 is 9.59 Å². The quantitative estimate of drug-likeness (QED) is 0.585. The molecule has 3 N–H and O–H groups in total. The molecule has 0 aromatic heterocycles. The van der Waals surface area contributed by atoms with E-state index in [1.54, 1.807) is 24.3 Å². The Kier molecular flexibility index (Phi) is 5.99. The van der Waals surface area contributed by atoms with Gasteiger partial charge in [-0.15, -0.1) is 0 Å². The number of amides is 3. The highest BCUT2D eigenvalue weighted by Crippen LogP contribution is 2.01. The summed E-state index contributed by atoms with van der Waals surface area (Å²) in [6.07, 6.45) is 1.74. The van der Waals surface area contributed by atoms with Crippen molar-refractivity contribution in [2.24, 2.45) is 0 Å². The highest BCUT2D eigenvalue weighted by molar-refractivity contribution is 5.95. The van der Waals surface area contributed by atoms with Gasteiger partial charge in [0.2, 0.25) is 0 Å². The summed E-state index contributed by atoms with van der Waals surface area (Å²) >= 11 is 0. The fourth-order valence-electron chi connectivity index (χ4n) is 1.96. The van der Waals surface area contributed by atoms with Gasteiger partial charge >= 0.3 is 6.03 Å². The predicted molar refractivity (Wildman–Crippen MR) is 85.2 cm³/mol. The lowest BCUT2D eigenvalue weighted by Crippen LogP contribution is -2.47. The van der Waals surface area contributed by atoms with Crippen LogP contribution in [-0.4, -0.2) is 18.5 Å². The topological polar surface area (TPSA) is 70.2 Å². The lowest BCUT2D eigenvalue weighted by Gasteiger charge is -2.09. The molecule has 0 heterocycles. The van der Waals surface area contributed by atoms with Crippen LogP contribution in [-0.2, 0) is 6.42 Å². The number of hydrogen-bond acceptors (Lipinski definition) is 2. The number of hydrogen-bond donors (Lipinski definition) is 3. The minimum atomic E-state index is -0.419. The molecule has 0 fully saturated rings. The molecule has 0 aliphatic carbocycles. The molecule has 2 aromatic rings. The van der Waals surface area contributed by atoms with Crippen LogP contribution in [0.4, 0.5) is 4.79 Å². The average Bonchev–Trinajstić information content (AvgIpc) is 2.58. The van der Waals surface area contributed by atoms with Gasteiger partial charge in [0.05, 0.1) is 0 Å². The van der Waals surface area contributed by atoms with Crippen molar-refractivity contribution in [2.75, 3.05) is 6.54 Å². The zero-order chi connectivity index (χ0) is 15.6. The number of hydrazine groups is 1. The summed E-state index contributed by atoms with van der Waals surface area (Å²) in [5.74, 6) is -0.347. The number of nitrogens with one attached hydrogen (secondary N) is 3. The number of carbonyl (C=O) groups excluding carboxylic acids is 2. The fraction of sp³-hybridized carbons (Fsp3) is 0.176. The lowest BCUT2D eigenvalue weighted by atomic mass is 10.1. The summed E-state index contributed by atoms with van der Waals surface area (Å²) in [6, 6.07) is 18.4. The molecule has 114 valence electrons. The summed E-state index contributed by atoms with van der Waals surface area (Å²) in [5.41, 5.74) is 6.42. The second-order valence-electron chi connectivity index (χ2n) is 4.79. The summed E-state index contributed by atoms with van der Waals surface area (Å²) in [6.45, 7) is 0.544. The second-order valence-corrected chi connectivity index (χ2v) is 4.79. The Morgan fingerprint density at radius 2 is 1.45 bits per heavy atom. The van der Waals surface area contributed by atoms with Crippen molar-refractivity contribution in [3.63, 3.8) is 0 Å². The molecule has 0 aliphatic heterocycles. The van der Waals surface area contributed by atoms with Gasteiger partial charge in [-0.1, -0.05) is 48.5 Å². The van der Waals surface area contributed by atoms with Gasteiger partial charge in [-0.05, 0) is 30.5 Å². The van der Waals surface area contributed by atoms with Crippen molar-refractivity contribution in [2.45, 2.75) is 12.8 Å². The molecule has 2 aromatic carbocycles. The van der Waals surface area contributed by atoms with E-state index >= 15 is 0 Å². The van der Waals surface area contributed by atoms with Crippen LogP contribution in [0.3, 0.4) is 0 Å². The molecule has 5 heteroatoms. The number of rotatable bonds is 5. The average molecular weight is 297 g/mol. The Hall–Kier alpha value is -2.82. The molecule has 0 unspecified atom stereocenters. The van der Waals surface area contributed by atoms with Gasteiger partial charge in [0, 0.05) is 12.1 Å². The minimum absolute atomic E-state index is 0.347. The van der Waals surface area contributed by atoms with Gasteiger partial charge in [0.1, 0.15) is 0 Å². The van der Waals surface area contributed by atoms with Crippen molar-refractivity contribution in [3.8, 4) is 0 Å². The zero-order valence-electron chi connectivity index (χ0n) is 12.2. The first-order chi connectivity index (χ1) is 10.8.